The zero-order valence-corrected chi connectivity index (χ0v) is 11.4. The van der Waals surface area contributed by atoms with Crippen LogP contribution in [0.15, 0.2) is 28.7 Å². The normalized spacial score (nSPS) is 18.4. The third-order valence-corrected chi connectivity index (χ3v) is 4.87. The summed E-state index contributed by atoms with van der Waals surface area (Å²) in [6.07, 6.45) is 1.77. The number of rotatable bonds is 4. The maximum atomic E-state index is 11.6. The molecule has 0 atom stereocenters. The molecule has 0 radical (unpaired) electrons. The van der Waals surface area contributed by atoms with Gasteiger partial charge >= 0.3 is 0 Å². The van der Waals surface area contributed by atoms with Crippen molar-refractivity contribution in [1.82, 2.24) is 4.72 Å². The SMILES string of the molecule is CCS(=O)(=O)NC1(c2ccc(Br)cc2)CC1. The van der Waals surface area contributed by atoms with Gasteiger partial charge in [0.2, 0.25) is 10.0 Å². The van der Waals surface area contributed by atoms with E-state index in [-0.39, 0.29) is 11.3 Å². The molecular formula is C11H14BrNO2S. The number of benzene rings is 1. The highest BCUT2D eigenvalue weighted by molar-refractivity contribution is 9.10. The molecule has 1 aromatic rings. The molecule has 0 heterocycles. The highest BCUT2D eigenvalue weighted by Crippen LogP contribution is 2.46. The van der Waals surface area contributed by atoms with Crippen LogP contribution >= 0.6 is 15.9 Å². The van der Waals surface area contributed by atoms with Crippen molar-refractivity contribution in [3.63, 3.8) is 0 Å². The second-order valence-corrected chi connectivity index (χ2v) is 7.02. The average molecular weight is 304 g/mol. The van der Waals surface area contributed by atoms with E-state index in [9.17, 15) is 8.42 Å². The van der Waals surface area contributed by atoms with Crippen molar-refractivity contribution in [2.24, 2.45) is 0 Å². The molecule has 16 heavy (non-hydrogen) atoms. The molecule has 0 aromatic heterocycles. The van der Waals surface area contributed by atoms with Gasteiger partial charge in [0.1, 0.15) is 0 Å². The standard InChI is InChI=1S/C11H14BrNO2S/c1-2-16(14,15)13-11(7-8-11)9-3-5-10(12)6-4-9/h3-6,13H,2,7-8H2,1H3. The number of hydrogen-bond acceptors (Lipinski definition) is 2. The van der Waals surface area contributed by atoms with Gasteiger partial charge < -0.3 is 0 Å². The van der Waals surface area contributed by atoms with Crippen molar-refractivity contribution in [3.8, 4) is 0 Å². The highest BCUT2D eigenvalue weighted by Gasteiger charge is 2.46. The number of hydrogen-bond donors (Lipinski definition) is 1. The van der Waals surface area contributed by atoms with E-state index in [0.29, 0.717) is 0 Å². The Bertz CT molecular complexity index is 477. The molecule has 1 fully saturated rings. The fourth-order valence-electron chi connectivity index (χ4n) is 1.71. The maximum absolute atomic E-state index is 11.6. The molecule has 0 aliphatic heterocycles. The predicted molar refractivity (Wildman–Crippen MR) is 67.7 cm³/mol. The Kier molecular flexibility index (Phi) is 3.11. The number of halogens is 1. The van der Waals surface area contributed by atoms with Gasteiger partial charge in [-0.25, -0.2) is 13.1 Å². The van der Waals surface area contributed by atoms with Crippen LogP contribution in [0.5, 0.6) is 0 Å². The Morgan fingerprint density at radius 3 is 2.31 bits per heavy atom. The molecule has 5 heteroatoms. The molecule has 1 N–H and O–H groups in total. The summed E-state index contributed by atoms with van der Waals surface area (Å²) in [5.74, 6) is 0.130. The maximum Gasteiger partial charge on any atom is 0.212 e. The first-order chi connectivity index (χ1) is 7.47. The summed E-state index contributed by atoms with van der Waals surface area (Å²) in [7, 11) is -3.13. The molecule has 1 aliphatic carbocycles. The topological polar surface area (TPSA) is 46.2 Å². The van der Waals surface area contributed by atoms with Crippen LogP contribution in [0.2, 0.25) is 0 Å². The molecule has 1 saturated carbocycles. The largest absolute Gasteiger partial charge is 0.212 e. The second kappa shape index (κ2) is 4.13. The van der Waals surface area contributed by atoms with Crippen LogP contribution in [0, 0.1) is 0 Å². The van der Waals surface area contributed by atoms with Crippen LogP contribution in [-0.4, -0.2) is 14.2 Å². The Morgan fingerprint density at radius 1 is 1.31 bits per heavy atom. The van der Waals surface area contributed by atoms with Crippen molar-refractivity contribution in [2.75, 3.05) is 5.75 Å². The Labute approximate surface area is 104 Å². The molecule has 88 valence electrons. The van der Waals surface area contributed by atoms with Crippen molar-refractivity contribution in [2.45, 2.75) is 25.3 Å². The first-order valence-corrected chi connectivity index (χ1v) is 7.70. The zero-order valence-electron chi connectivity index (χ0n) is 9.03. The summed E-state index contributed by atoms with van der Waals surface area (Å²) in [6, 6.07) is 7.82. The van der Waals surface area contributed by atoms with Crippen molar-refractivity contribution in [3.05, 3.63) is 34.3 Å². The van der Waals surface area contributed by atoms with Crippen LogP contribution in [0.4, 0.5) is 0 Å². The van der Waals surface area contributed by atoms with E-state index in [1.807, 2.05) is 24.3 Å². The zero-order chi connectivity index (χ0) is 11.8. The highest BCUT2D eigenvalue weighted by atomic mass is 79.9. The molecule has 0 amide bonds. The van der Waals surface area contributed by atoms with E-state index in [1.54, 1.807) is 6.92 Å². The Morgan fingerprint density at radius 2 is 1.88 bits per heavy atom. The molecular weight excluding hydrogens is 290 g/mol. The summed E-state index contributed by atoms with van der Waals surface area (Å²) in [6.45, 7) is 1.65. The van der Waals surface area contributed by atoms with Crippen molar-refractivity contribution < 1.29 is 8.42 Å². The minimum absolute atomic E-state index is 0.130. The second-order valence-electron chi connectivity index (χ2n) is 4.09. The van der Waals surface area contributed by atoms with Crippen LogP contribution in [0.25, 0.3) is 0 Å². The molecule has 0 spiro atoms. The minimum atomic E-state index is -3.13. The molecule has 1 aromatic carbocycles. The van der Waals surface area contributed by atoms with Gasteiger partial charge in [0.15, 0.2) is 0 Å². The molecule has 0 bridgehead atoms. The first-order valence-electron chi connectivity index (χ1n) is 5.25. The van der Waals surface area contributed by atoms with E-state index in [1.165, 1.54) is 0 Å². The Hall–Kier alpha value is -0.390. The lowest BCUT2D eigenvalue weighted by Crippen LogP contribution is -2.35. The first kappa shape index (κ1) is 12.1. The number of sulfonamides is 1. The van der Waals surface area contributed by atoms with E-state index < -0.39 is 10.0 Å². The van der Waals surface area contributed by atoms with Gasteiger partial charge in [-0.3, -0.25) is 0 Å². The Balaban J connectivity index is 2.24. The lowest BCUT2D eigenvalue weighted by atomic mass is 10.1. The van der Waals surface area contributed by atoms with E-state index in [0.717, 1.165) is 22.9 Å². The minimum Gasteiger partial charge on any atom is -0.212 e. The lowest BCUT2D eigenvalue weighted by Gasteiger charge is -2.17. The fourth-order valence-corrected chi connectivity index (χ4v) is 3.04. The van der Waals surface area contributed by atoms with Gasteiger partial charge in [0.05, 0.1) is 11.3 Å². The van der Waals surface area contributed by atoms with E-state index in [2.05, 4.69) is 20.7 Å². The monoisotopic (exact) mass is 303 g/mol. The van der Waals surface area contributed by atoms with Gasteiger partial charge in [-0.1, -0.05) is 28.1 Å². The van der Waals surface area contributed by atoms with Gasteiger partial charge in [-0.15, -0.1) is 0 Å². The summed E-state index contributed by atoms with van der Waals surface area (Å²) in [4.78, 5) is 0. The molecule has 2 rings (SSSR count). The van der Waals surface area contributed by atoms with E-state index >= 15 is 0 Å². The quantitative estimate of drug-likeness (QED) is 0.928. The number of nitrogens with one attached hydrogen (secondary N) is 1. The molecule has 0 saturated heterocycles. The third kappa shape index (κ3) is 2.47. The summed E-state index contributed by atoms with van der Waals surface area (Å²) in [5.41, 5.74) is 0.711. The summed E-state index contributed by atoms with van der Waals surface area (Å²) < 4.78 is 26.9. The van der Waals surface area contributed by atoms with Crippen LogP contribution in [-0.2, 0) is 15.6 Å². The van der Waals surface area contributed by atoms with Crippen molar-refractivity contribution in [1.29, 1.82) is 0 Å². The molecule has 0 unspecified atom stereocenters. The smallest absolute Gasteiger partial charge is 0.212 e. The average Bonchev–Trinajstić information content (AvgIpc) is 2.99. The van der Waals surface area contributed by atoms with Crippen molar-refractivity contribution >= 4 is 26.0 Å². The van der Waals surface area contributed by atoms with E-state index in [4.69, 9.17) is 0 Å². The van der Waals surface area contributed by atoms with Crippen LogP contribution in [0.1, 0.15) is 25.3 Å². The summed E-state index contributed by atoms with van der Waals surface area (Å²) in [5, 5.41) is 0. The molecule has 3 nitrogen and oxygen atoms in total. The third-order valence-electron chi connectivity index (χ3n) is 2.88. The van der Waals surface area contributed by atoms with Gasteiger partial charge in [0, 0.05) is 4.47 Å². The summed E-state index contributed by atoms with van der Waals surface area (Å²) >= 11 is 3.37. The van der Waals surface area contributed by atoms with Crippen LogP contribution < -0.4 is 4.72 Å². The predicted octanol–water partition coefficient (Wildman–Crippen LogP) is 2.38. The van der Waals surface area contributed by atoms with Gasteiger partial charge in [-0.2, -0.15) is 0 Å². The molecule has 1 aliphatic rings. The van der Waals surface area contributed by atoms with Gasteiger partial charge in [0.25, 0.3) is 0 Å². The lowest BCUT2D eigenvalue weighted by molar-refractivity contribution is 0.553. The van der Waals surface area contributed by atoms with Gasteiger partial charge in [-0.05, 0) is 37.5 Å². The fraction of sp³-hybridized carbons (Fsp3) is 0.455. The van der Waals surface area contributed by atoms with Crippen LogP contribution in [0.3, 0.4) is 0 Å².